The van der Waals surface area contributed by atoms with Gasteiger partial charge in [-0.25, -0.2) is 0 Å². The van der Waals surface area contributed by atoms with Crippen LogP contribution in [-0.2, 0) is 4.79 Å². The van der Waals surface area contributed by atoms with Crippen molar-refractivity contribution in [3.63, 3.8) is 0 Å². The summed E-state index contributed by atoms with van der Waals surface area (Å²) in [6, 6.07) is 0. The van der Waals surface area contributed by atoms with Gasteiger partial charge in [-0.15, -0.1) is 5.41 Å². The molecule has 3 saturated carbocycles. The van der Waals surface area contributed by atoms with Crippen LogP contribution in [-0.4, -0.2) is 6.29 Å². The Hall–Kier alpha value is 0.202. The number of rotatable bonds is 5. The van der Waals surface area contributed by atoms with Crippen molar-refractivity contribution in [3.05, 3.63) is 30.2 Å². The number of hydrogen-bond donors (Lipinski definition) is 0. The first kappa shape index (κ1) is 32.4. The van der Waals surface area contributed by atoms with E-state index in [1.165, 1.54) is 57.8 Å². The maximum atomic E-state index is 9.70. The second-order valence-corrected chi connectivity index (χ2v) is 14.4. The second kappa shape index (κ2) is 13.0. The van der Waals surface area contributed by atoms with E-state index >= 15 is 0 Å². The average Bonchev–Trinajstić information content (AvgIpc) is 3.16. The molecule has 0 unspecified atom stereocenters. The normalized spacial score (nSPS) is 37.4. The predicted octanol–water partition coefficient (Wildman–Crippen LogP) is 9.79. The third-order valence-corrected chi connectivity index (χ3v) is 10.9. The van der Waals surface area contributed by atoms with E-state index in [9.17, 15) is 4.79 Å². The zero-order valence-electron chi connectivity index (χ0n) is 25.1. The summed E-state index contributed by atoms with van der Waals surface area (Å²) in [5.74, 6) is 6.04. The standard InChI is InChI=1S/C29H47.C5H9O.U/c1-7-22(20(2)3)12-11-21(4)25-15-16-26-24-14-13-23-10-8-9-18-28(23,5)27(24)17-19-29(25,26)6;1-5(2,3)4-6;/h8,11-13,20-22,24-27H,7,9-10,14-19H2,1-6H3;1-3H3;/q2*-1;+2/b12-11+;;/t21-,22-,24+,25-,26+,27+,28+,29-;;/m1../s1. The third kappa shape index (κ3) is 6.85. The molecule has 0 bridgehead atoms. The summed E-state index contributed by atoms with van der Waals surface area (Å²) >= 11 is 0. The van der Waals surface area contributed by atoms with Gasteiger partial charge in [-0.05, 0) is 90.8 Å². The largest absolute Gasteiger partial charge is 2.00 e. The SMILES string of the molecule is CC(C)(C)[C-]=O.CC[C@H](/C=C/[C@@H](C)[C@H]1CC[C@H]2[C@@H]3CC=C4C[CH-]CC[C@]4(C)[C@H]3CC[C@]12C)C(C)C.[U+2]. The van der Waals surface area contributed by atoms with Crippen LogP contribution in [0.3, 0.4) is 0 Å². The van der Waals surface area contributed by atoms with Crippen molar-refractivity contribution < 1.29 is 35.9 Å². The van der Waals surface area contributed by atoms with Gasteiger partial charge in [-0.1, -0.05) is 92.5 Å². The van der Waals surface area contributed by atoms with Gasteiger partial charge in [0.05, 0.1) is 0 Å². The number of hydrogen-bond acceptors (Lipinski definition) is 1. The monoisotopic (exact) mass is 718 g/mol. The van der Waals surface area contributed by atoms with Gasteiger partial charge in [0.25, 0.3) is 0 Å². The van der Waals surface area contributed by atoms with Crippen molar-refractivity contribution in [1.82, 2.24) is 0 Å². The number of allylic oxidation sites excluding steroid dienone is 4. The van der Waals surface area contributed by atoms with Crippen molar-refractivity contribution in [2.45, 2.75) is 120 Å². The fraction of sp³-hybridized carbons (Fsp3) is 0.824. The Bertz CT molecular complexity index is 773. The van der Waals surface area contributed by atoms with Crippen LogP contribution in [0.25, 0.3) is 0 Å². The molecule has 0 aromatic rings. The molecule has 0 N–H and O–H groups in total. The van der Waals surface area contributed by atoms with E-state index in [-0.39, 0.29) is 36.5 Å². The van der Waals surface area contributed by atoms with Crippen molar-refractivity contribution in [3.8, 4) is 0 Å². The number of carbonyl (C=O) groups excluding carboxylic acids is 1. The van der Waals surface area contributed by atoms with Crippen LogP contribution in [0, 0.1) is 95.2 Å². The van der Waals surface area contributed by atoms with E-state index in [2.05, 4.69) is 66.2 Å². The molecule has 0 aromatic carbocycles. The fourth-order valence-corrected chi connectivity index (χ4v) is 8.66. The fourth-order valence-electron chi connectivity index (χ4n) is 8.66. The maximum absolute atomic E-state index is 9.70. The van der Waals surface area contributed by atoms with Gasteiger partial charge in [0.15, 0.2) is 0 Å². The van der Waals surface area contributed by atoms with Crippen molar-refractivity contribution in [1.29, 1.82) is 0 Å². The molecule has 3 fully saturated rings. The zero-order chi connectivity index (χ0) is 26.0. The molecule has 1 nitrogen and oxygen atoms in total. The Labute approximate surface area is 248 Å². The molecule has 0 radical (unpaired) electrons. The van der Waals surface area contributed by atoms with Gasteiger partial charge in [0, 0.05) is 0 Å². The molecule has 4 aliphatic rings. The van der Waals surface area contributed by atoms with Gasteiger partial charge >= 0.3 is 31.1 Å². The van der Waals surface area contributed by atoms with Crippen LogP contribution >= 0.6 is 0 Å². The van der Waals surface area contributed by atoms with Gasteiger partial charge in [-0.2, -0.15) is 12.8 Å². The minimum Gasteiger partial charge on any atom is -0.541 e. The first-order valence-corrected chi connectivity index (χ1v) is 15.0. The predicted molar refractivity (Wildman–Crippen MR) is 152 cm³/mol. The molecule has 0 spiro atoms. The molecule has 202 valence electrons. The van der Waals surface area contributed by atoms with E-state index in [1.807, 2.05) is 27.1 Å². The van der Waals surface area contributed by atoms with Gasteiger partial charge in [-0.3, -0.25) is 6.29 Å². The van der Waals surface area contributed by atoms with Gasteiger partial charge in [0.1, 0.15) is 0 Å². The van der Waals surface area contributed by atoms with Crippen molar-refractivity contribution >= 4 is 6.29 Å². The van der Waals surface area contributed by atoms with Crippen molar-refractivity contribution in [2.24, 2.45) is 57.7 Å². The van der Waals surface area contributed by atoms with Crippen LogP contribution in [0.1, 0.15) is 120 Å². The van der Waals surface area contributed by atoms with Gasteiger partial charge < -0.3 is 11.2 Å². The summed E-state index contributed by atoms with van der Waals surface area (Å²) in [7, 11) is 0. The van der Waals surface area contributed by atoms with E-state index in [1.54, 1.807) is 5.57 Å². The minimum absolute atomic E-state index is 0. The Balaban J connectivity index is 0.000000584. The zero-order valence-corrected chi connectivity index (χ0v) is 29.3. The first-order valence-electron chi connectivity index (χ1n) is 15.0. The van der Waals surface area contributed by atoms with E-state index in [4.69, 9.17) is 0 Å². The van der Waals surface area contributed by atoms with Gasteiger partial charge in [0.2, 0.25) is 0 Å². The quantitative estimate of drug-likeness (QED) is 0.205. The van der Waals surface area contributed by atoms with E-state index in [0.717, 1.165) is 41.4 Å². The van der Waals surface area contributed by atoms with E-state index in [0.29, 0.717) is 10.8 Å². The summed E-state index contributed by atoms with van der Waals surface area (Å²) in [6.45, 7) is 20.4. The summed E-state index contributed by atoms with van der Waals surface area (Å²) < 4.78 is 0. The number of fused-ring (bicyclic) bond motifs is 5. The molecular formula is C34H56OU. The minimum atomic E-state index is -0.264. The summed E-state index contributed by atoms with van der Waals surface area (Å²) in [5.41, 5.74) is 2.64. The Kier molecular flexibility index (Phi) is 11.7. The molecule has 2 heteroatoms. The van der Waals surface area contributed by atoms with Crippen LogP contribution < -0.4 is 0 Å². The molecule has 0 saturated heterocycles. The Morgan fingerprint density at radius 2 is 1.75 bits per heavy atom. The van der Waals surface area contributed by atoms with Crippen molar-refractivity contribution in [2.75, 3.05) is 0 Å². The molecule has 0 amide bonds. The van der Waals surface area contributed by atoms with Crippen LogP contribution in [0.2, 0.25) is 0 Å². The topological polar surface area (TPSA) is 17.1 Å². The molecule has 4 rings (SSSR count). The third-order valence-electron chi connectivity index (χ3n) is 10.9. The van der Waals surface area contributed by atoms with E-state index < -0.39 is 0 Å². The van der Waals surface area contributed by atoms with Crippen LogP contribution in [0.15, 0.2) is 23.8 Å². The van der Waals surface area contributed by atoms with Crippen LogP contribution in [0.4, 0.5) is 0 Å². The molecule has 0 aliphatic heterocycles. The Morgan fingerprint density at radius 1 is 1.08 bits per heavy atom. The molecule has 8 atom stereocenters. The molecule has 4 aliphatic carbocycles. The average molecular weight is 719 g/mol. The summed E-state index contributed by atoms with van der Waals surface area (Å²) in [5, 5.41) is 0. The Morgan fingerprint density at radius 3 is 2.33 bits per heavy atom. The molecule has 0 heterocycles. The summed E-state index contributed by atoms with van der Waals surface area (Å²) in [6.07, 6.45) is 24.9. The maximum Gasteiger partial charge on any atom is 2.00 e. The van der Waals surface area contributed by atoms with Crippen LogP contribution in [0.5, 0.6) is 0 Å². The molecule has 36 heavy (non-hydrogen) atoms. The molecule has 0 aromatic heterocycles. The smallest absolute Gasteiger partial charge is 0.541 e. The summed E-state index contributed by atoms with van der Waals surface area (Å²) in [4.78, 5) is 9.70. The second-order valence-electron chi connectivity index (χ2n) is 14.4. The molecular weight excluding hydrogens is 662 g/mol. The first-order chi connectivity index (χ1) is 16.4.